The number of nitriles is 1. The fourth-order valence-electron chi connectivity index (χ4n) is 3.29. The molecule has 2 aromatic rings. The van der Waals surface area contributed by atoms with E-state index in [1.807, 2.05) is 6.07 Å². The summed E-state index contributed by atoms with van der Waals surface area (Å²) in [6.07, 6.45) is 2.48. The lowest BCUT2D eigenvalue weighted by molar-refractivity contribution is 0.397. The lowest BCUT2D eigenvalue weighted by Crippen LogP contribution is -2.34. The van der Waals surface area contributed by atoms with Crippen LogP contribution in [0.4, 0.5) is 20.2 Å². The molecule has 1 heterocycles. The molecule has 0 spiro atoms. The van der Waals surface area contributed by atoms with Crippen LogP contribution in [0.2, 0.25) is 0 Å². The summed E-state index contributed by atoms with van der Waals surface area (Å²) in [6, 6.07) is 11.2. The molecular weight excluding hydrogens is 308 g/mol. The highest BCUT2D eigenvalue weighted by Gasteiger charge is 2.22. The number of nitrogens with two attached hydrogens (primary N) is 1. The molecule has 3 rings (SSSR count). The van der Waals surface area contributed by atoms with Crippen molar-refractivity contribution in [3.05, 3.63) is 59.2 Å². The first-order chi connectivity index (χ1) is 11.6. The fraction of sp³-hybridized carbons (Fsp3) is 0.316. The summed E-state index contributed by atoms with van der Waals surface area (Å²) in [5.41, 5.74) is 8.73. The van der Waals surface area contributed by atoms with Crippen LogP contribution in [-0.4, -0.2) is 13.1 Å². The lowest BCUT2D eigenvalue weighted by atomic mass is 9.89. The maximum atomic E-state index is 13.8. The normalized spacial score (nSPS) is 15.3. The summed E-state index contributed by atoms with van der Waals surface area (Å²) in [6.45, 7) is 1.67. The molecule has 24 heavy (non-hydrogen) atoms. The van der Waals surface area contributed by atoms with Gasteiger partial charge in [-0.3, -0.25) is 0 Å². The second-order valence-electron chi connectivity index (χ2n) is 6.26. The van der Waals surface area contributed by atoms with Crippen LogP contribution in [0.1, 0.15) is 24.0 Å². The molecule has 0 amide bonds. The van der Waals surface area contributed by atoms with Gasteiger partial charge in [0.15, 0.2) is 0 Å². The van der Waals surface area contributed by atoms with Gasteiger partial charge in [-0.25, -0.2) is 8.78 Å². The second kappa shape index (κ2) is 6.88. The maximum absolute atomic E-state index is 13.8. The quantitative estimate of drug-likeness (QED) is 0.871. The molecule has 5 heteroatoms. The highest BCUT2D eigenvalue weighted by atomic mass is 19.1. The van der Waals surface area contributed by atoms with Gasteiger partial charge in [0, 0.05) is 19.2 Å². The average Bonchev–Trinajstić information content (AvgIpc) is 2.58. The third kappa shape index (κ3) is 3.48. The smallest absolute Gasteiger partial charge is 0.129 e. The Labute approximate surface area is 140 Å². The minimum atomic E-state index is -0.539. The second-order valence-corrected chi connectivity index (χ2v) is 6.26. The lowest BCUT2D eigenvalue weighted by Gasteiger charge is -2.34. The minimum Gasteiger partial charge on any atom is -0.397 e. The Morgan fingerprint density at radius 1 is 1.12 bits per heavy atom. The van der Waals surface area contributed by atoms with Crippen molar-refractivity contribution < 1.29 is 8.78 Å². The zero-order chi connectivity index (χ0) is 17.1. The van der Waals surface area contributed by atoms with Gasteiger partial charge in [-0.05, 0) is 55.0 Å². The van der Waals surface area contributed by atoms with Crippen LogP contribution in [-0.2, 0) is 6.42 Å². The predicted molar refractivity (Wildman–Crippen MR) is 90.6 cm³/mol. The SMILES string of the molecule is N#Cc1ccc(N2CCC(Cc3ccc(F)cc3F)CC2)c(N)c1. The Balaban J connectivity index is 1.62. The summed E-state index contributed by atoms with van der Waals surface area (Å²) in [4.78, 5) is 2.20. The molecule has 1 saturated heterocycles. The number of nitrogen functional groups attached to an aromatic ring is 1. The van der Waals surface area contributed by atoms with E-state index >= 15 is 0 Å². The zero-order valence-electron chi connectivity index (χ0n) is 13.3. The predicted octanol–water partition coefficient (Wildman–Crippen LogP) is 3.88. The molecule has 0 aliphatic carbocycles. The molecule has 2 aromatic carbocycles. The summed E-state index contributed by atoms with van der Waals surface area (Å²) in [5, 5.41) is 8.90. The summed E-state index contributed by atoms with van der Waals surface area (Å²) >= 11 is 0. The number of benzene rings is 2. The van der Waals surface area contributed by atoms with Gasteiger partial charge in [0.05, 0.1) is 23.0 Å². The highest BCUT2D eigenvalue weighted by molar-refractivity contribution is 5.69. The summed E-state index contributed by atoms with van der Waals surface area (Å²) < 4.78 is 26.8. The van der Waals surface area contributed by atoms with Crippen molar-refractivity contribution in [1.29, 1.82) is 5.26 Å². The summed E-state index contributed by atoms with van der Waals surface area (Å²) in [7, 11) is 0. The van der Waals surface area contributed by atoms with Crippen molar-refractivity contribution >= 4 is 11.4 Å². The van der Waals surface area contributed by atoms with E-state index in [1.165, 1.54) is 12.1 Å². The van der Waals surface area contributed by atoms with Gasteiger partial charge < -0.3 is 10.6 Å². The van der Waals surface area contributed by atoms with Crippen LogP contribution in [0.25, 0.3) is 0 Å². The van der Waals surface area contributed by atoms with E-state index < -0.39 is 11.6 Å². The largest absolute Gasteiger partial charge is 0.397 e. The van der Waals surface area contributed by atoms with Gasteiger partial charge >= 0.3 is 0 Å². The van der Waals surface area contributed by atoms with Crippen LogP contribution < -0.4 is 10.6 Å². The molecule has 0 aromatic heterocycles. The van der Waals surface area contributed by atoms with E-state index in [1.54, 1.807) is 12.1 Å². The third-order valence-corrected chi connectivity index (χ3v) is 4.64. The fourth-order valence-corrected chi connectivity index (χ4v) is 3.29. The number of piperidine rings is 1. The molecule has 1 fully saturated rings. The van der Waals surface area contributed by atoms with Crippen LogP contribution in [0, 0.1) is 28.9 Å². The van der Waals surface area contributed by atoms with E-state index in [-0.39, 0.29) is 0 Å². The van der Waals surface area contributed by atoms with Gasteiger partial charge in [-0.1, -0.05) is 6.07 Å². The Morgan fingerprint density at radius 3 is 2.50 bits per heavy atom. The molecular formula is C19H19F2N3. The zero-order valence-corrected chi connectivity index (χ0v) is 13.3. The first kappa shape index (κ1) is 16.3. The van der Waals surface area contributed by atoms with Gasteiger partial charge in [-0.15, -0.1) is 0 Å². The van der Waals surface area contributed by atoms with Crippen molar-refractivity contribution in [2.24, 2.45) is 5.92 Å². The number of halogens is 2. The van der Waals surface area contributed by atoms with E-state index in [4.69, 9.17) is 11.0 Å². The maximum Gasteiger partial charge on any atom is 0.129 e. The van der Waals surface area contributed by atoms with Crippen LogP contribution >= 0.6 is 0 Å². The van der Waals surface area contributed by atoms with E-state index in [0.717, 1.165) is 37.7 Å². The van der Waals surface area contributed by atoms with E-state index in [9.17, 15) is 8.78 Å². The molecule has 0 unspecified atom stereocenters. The molecule has 0 radical (unpaired) electrons. The van der Waals surface area contributed by atoms with Crippen LogP contribution in [0.15, 0.2) is 36.4 Å². The molecule has 1 aliphatic heterocycles. The molecule has 1 aliphatic rings. The first-order valence-corrected chi connectivity index (χ1v) is 8.05. The monoisotopic (exact) mass is 327 g/mol. The van der Waals surface area contributed by atoms with Gasteiger partial charge in [-0.2, -0.15) is 5.26 Å². The van der Waals surface area contributed by atoms with Crippen molar-refractivity contribution in [1.82, 2.24) is 0 Å². The Kier molecular flexibility index (Phi) is 4.66. The molecule has 2 N–H and O–H groups in total. The van der Waals surface area contributed by atoms with Crippen LogP contribution in [0.5, 0.6) is 0 Å². The highest BCUT2D eigenvalue weighted by Crippen LogP contribution is 2.30. The molecule has 0 bridgehead atoms. The minimum absolute atomic E-state index is 0.376. The van der Waals surface area contributed by atoms with Crippen molar-refractivity contribution in [3.63, 3.8) is 0 Å². The van der Waals surface area contributed by atoms with E-state index in [2.05, 4.69) is 11.0 Å². The Hall–Kier alpha value is -2.61. The molecule has 0 atom stereocenters. The number of rotatable bonds is 3. The number of anilines is 2. The summed E-state index contributed by atoms with van der Waals surface area (Å²) in [5.74, 6) is -0.628. The number of nitrogens with zero attached hydrogens (tertiary/aromatic N) is 2. The topological polar surface area (TPSA) is 53.0 Å². The van der Waals surface area contributed by atoms with Crippen molar-refractivity contribution in [3.8, 4) is 6.07 Å². The number of hydrogen-bond acceptors (Lipinski definition) is 3. The van der Waals surface area contributed by atoms with Gasteiger partial charge in [0.1, 0.15) is 11.6 Å². The first-order valence-electron chi connectivity index (χ1n) is 8.05. The molecule has 3 nitrogen and oxygen atoms in total. The number of hydrogen-bond donors (Lipinski definition) is 1. The Bertz CT molecular complexity index is 775. The molecule has 124 valence electrons. The van der Waals surface area contributed by atoms with Crippen molar-refractivity contribution in [2.45, 2.75) is 19.3 Å². The Morgan fingerprint density at radius 2 is 1.88 bits per heavy atom. The third-order valence-electron chi connectivity index (χ3n) is 4.64. The van der Waals surface area contributed by atoms with E-state index in [0.29, 0.717) is 29.2 Å². The van der Waals surface area contributed by atoms with Crippen molar-refractivity contribution in [2.75, 3.05) is 23.7 Å². The standard InChI is InChI=1S/C19H19F2N3/c20-16-3-2-15(17(21)11-16)9-13-5-7-24(8-6-13)19-4-1-14(12-22)10-18(19)23/h1-4,10-11,13H,5-9,23H2. The molecule has 0 saturated carbocycles. The van der Waals surface area contributed by atoms with Gasteiger partial charge in [0.25, 0.3) is 0 Å². The van der Waals surface area contributed by atoms with Crippen LogP contribution in [0.3, 0.4) is 0 Å². The average molecular weight is 327 g/mol. The van der Waals surface area contributed by atoms with Gasteiger partial charge in [0.2, 0.25) is 0 Å².